The Bertz CT molecular complexity index is 758. The number of carbonyl (C=O) groups excluding carboxylic acids is 3. The molecular formula is C17H16NO6S-. The molecule has 1 aliphatic heterocycles. The Morgan fingerprint density at radius 3 is 2.72 bits per heavy atom. The third-order valence-corrected chi connectivity index (χ3v) is 4.21. The first-order chi connectivity index (χ1) is 11.9. The maximum Gasteiger partial charge on any atom is 0.293 e. The van der Waals surface area contributed by atoms with Gasteiger partial charge in [-0.05, 0) is 42.5 Å². The highest BCUT2D eigenvalue weighted by Gasteiger charge is 2.34. The monoisotopic (exact) mass is 362 g/mol. The van der Waals surface area contributed by atoms with E-state index in [1.165, 1.54) is 26.2 Å². The van der Waals surface area contributed by atoms with Gasteiger partial charge in [0, 0.05) is 6.54 Å². The van der Waals surface area contributed by atoms with Gasteiger partial charge < -0.3 is 19.4 Å². The number of ether oxygens (including phenoxy) is 2. The number of thioether (sulfide) groups is 1. The van der Waals surface area contributed by atoms with Gasteiger partial charge in [0.05, 0.1) is 18.0 Å². The summed E-state index contributed by atoms with van der Waals surface area (Å²) in [5.74, 6) is -1.20. The van der Waals surface area contributed by atoms with Crippen molar-refractivity contribution in [2.75, 3.05) is 13.7 Å². The molecule has 1 fully saturated rings. The first-order valence-electron chi connectivity index (χ1n) is 7.29. The van der Waals surface area contributed by atoms with Crippen LogP contribution in [-0.4, -0.2) is 41.8 Å². The largest absolute Gasteiger partial charge is 0.546 e. The molecule has 0 bridgehead atoms. The van der Waals surface area contributed by atoms with E-state index in [0.29, 0.717) is 11.3 Å². The SMILES string of the molecule is C=CCN1C(=O)S/C(=C\c2ccc(O[C@H](C)C(=O)[O-])c(OC)c2)C1=O. The number of carbonyl (C=O) groups is 3. The van der Waals surface area contributed by atoms with Gasteiger partial charge in [0.1, 0.15) is 6.10 Å². The molecule has 2 amide bonds. The van der Waals surface area contributed by atoms with Gasteiger partial charge in [-0.15, -0.1) is 6.58 Å². The smallest absolute Gasteiger partial charge is 0.293 e. The fraction of sp³-hybridized carbons (Fsp3) is 0.235. The van der Waals surface area contributed by atoms with Crippen LogP contribution in [0.15, 0.2) is 35.8 Å². The van der Waals surface area contributed by atoms with Gasteiger partial charge in [-0.3, -0.25) is 14.5 Å². The number of methoxy groups -OCH3 is 1. The number of amides is 2. The van der Waals surface area contributed by atoms with Crippen LogP contribution in [0.4, 0.5) is 4.79 Å². The Labute approximate surface area is 148 Å². The van der Waals surface area contributed by atoms with Crippen molar-refractivity contribution < 1.29 is 29.0 Å². The Kier molecular flexibility index (Phi) is 5.87. The maximum atomic E-state index is 12.2. The van der Waals surface area contributed by atoms with Crippen molar-refractivity contribution in [3.8, 4) is 11.5 Å². The zero-order chi connectivity index (χ0) is 18.6. The number of hydrogen-bond acceptors (Lipinski definition) is 7. The number of hydrogen-bond donors (Lipinski definition) is 0. The average molecular weight is 362 g/mol. The lowest BCUT2D eigenvalue weighted by molar-refractivity contribution is -0.312. The van der Waals surface area contributed by atoms with Crippen molar-refractivity contribution in [1.29, 1.82) is 0 Å². The van der Waals surface area contributed by atoms with Crippen LogP contribution >= 0.6 is 11.8 Å². The highest BCUT2D eigenvalue weighted by molar-refractivity contribution is 8.18. The lowest BCUT2D eigenvalue weighted by atomic mass is 10.2. The molecule has 1 atom stereocenters. The third-order valence-electron chi connectivity index (χ3n) is 3.31. The summed E-state index contributed by atoms with van der Waals surface area (Å²) in [5, 5.41) is 10.4. The Hall–Kier alpha value is -2.74. The summed E-state index contributed by atoms with van der Waals surface area (Å²) < 4.78 is 10.4. The second-order valence-electron chi connectivity index (χ2n) is 5.07. The molecule has 132 valence electrons. The molecule has 0 radical (unpaired) electrons. The summed E-state index contributed by atoms with van der Waals surface area (Å²) in [6, 6.07) is 4.73. The summed E-state index contributed by atoms with van der Waals surface area (Å²) in [5.41, 5.74) is 0.606. The number of nitrogens with zero attached hydrogens (tertiary/aromatic N) is 1. The standard InChI is InChI=1S/C17H17NO6S/c1-4-7-18-15(19)14(25-17(18)22)9-11-5-6-12(13(8-11)23-3)24-10(2)16(20)21/h4-6,8-10H,1,7H2,2-3H3,(H,20,21)/p-1/b14-9-/t10-/m1/s1. The number of rotatable bonds is 7. The van der Waals surface area contributed by atoms with E-state index in [4.69, 9.17) is 9.47 Å². The Morgan fingerprint density at radius 1 is 1.40 bits per heavy atom. The van der Waals surface area contributed by atoms with Gasteiger partial charge in [0.15, 0.2) is 11.5 Å². The first kappa shape index (κ1) is 18.6. The normalized spacial score (nSPS) is 16.9. The minimum absolute atomic E-state index is 0.152. The molecule has 1 aliphatic rings. The van der Waals surface area contributed by atoms with Crippen molar-refractivity contribution >= 4 is 35.0 Å². The first-order valence-corrected chi connectivity index (χ1v) is 8.10. The summed E-state index contributed by atoms with van der Waals surface area (Å²) in [6.45, 7) is 5.02. The summed E-state index contributed by atoms with van der Waals surface area (Å²) in [6.07, 6.45) is 1.89. The quantitative estimate of drug-likeness (QED) is 0.535. The number of imide groups is 1. The van der Waals surface area contributed by atoms with Crippen molar-refractivity contribution in [3.05, 3.63) is 41.3 Å². The molecule has 0 aromatic heterocycles. The molecule has 0 saturated carbocycles. The maximum absolute atomic E-state index is 12.2. The van der Waals surface area contributed by atoms with E-state index in [9.17, 15) is 19.5 Å². The molecule has 8 heteroatoms. The number of carboxylic acids is 1. The summed E-state index contributed by atoms with van der Waals surface area (Å²) in [4.78, 5) is 36.2. The number of carboxylic acid groups (broad SMARTS) is 1. The highest BCUT2D eigenvalue weighted by Crippen LogP contribution is 2.34. The Morgan fingerprint density at radius 2 is 2.12 bits per heavy atom. The van der Waals surface area contributed by atoms with Crippen molar-refractivity contribution in [2.24, 2.45) is 0 Å². The number of aliphatic carboxylic acids is 1. The third kappa shape index (κ3) is 4.21. The lowest BCUT2D eigenvalue weighted by Gasteiger charge is -2.17. The molecule has 1 heterocycles. The predicted molar refractivity (Wildman–Crippen MR) is 91.0 cm³/mol. The van der Waals surface area contributed by atoms with E-state index >= 15 is 0 Å². The molecule has 1 saturated heterocycles. The zero-order valence-electron chi connectivity index (χ0n) is 13.7. The topological polar surface area (TPSA) is 96.0 Å². The van der Waals surface area contributed by atoms with Crippen LogP contribution in [0.3, 0.4) is 0 Å². The van der Waals surface area contributed by atoms with Crippen molar-refractivity contribution in [1.82, 2.24) is 4.90 Å². The fourth-order valence-electron chi connectivity index (χ4n) is 2.05. The number of benzene rings is 1. The molecule has 0 N–H and O–H groups in total. The molecule has 1 aromatic carbocycles. The van der Waals surface area contributed by atoms with E-state index in [-0.39, 0.29) is 28.3 Å². The van der Waals surface area contributed by atoms with E-state index in [1.807, 2.05) is 0 Å². The summed E-state index contributed by atoms with van der Waals surface area (Å²) in [7, 11) is 1.41. The molecule has 0 aliphatic carbocycles. The molecule has 7 nitrogen and oxygen atoms in total. The van der Waals surface area contributed by atoms with Gasteiger partial charge in [-0.2, -0.15) is 0 Å². The van der Waals surface area contributed by atoms with E-state index < -0.39 is 12.1 Å². The molecule has 2 rings (SSSR count). The molecule has 25 heavy (non-hydrogen) atoms. The second kappa shape index (κ2) is 7.89. The molecular weight excluding hydrogens is 346 g/mol. The van der Waals surface area contributed by atoms with Crippen LogP contribution < -0.4 is 14.6 Å². The van der Waals surface area contributed by atoms with Gasteiger partial charge >= 0.3 is 0 Å². The van der Waals surface area contributed by atoms with Crippen LogP contribution in [0.2, 0.25) is 0 Å². The van der Waals surface area contributed by atoms with Crippen LogP contribution in [0.1, 0.15) is 12.5 Å². The van der Waals surface area contributed by atoms with Crippen molar-refractivity contribution in [2.45, 2.75) is 13.0 Å². The second-order valence-corrected chi connectivity index (χ2v) is 6.06. The van der Waals surface area contributed by atoms with Crippen molar-refractivity contribution in [3.63, 3.8) is 0 Å². The lowest BCUT2D eigenvalue weighted by Crippen LogP contribution is -2.37. The molecule has 0 unspecified atom stereocenters. The van der Waals surface area contributed by atoms with E-state index in [0.717, 1.165) is 16.7 Å². The zero-order valence-corrected chi connectivity index (χ0v) is 14.5. The van der Waals surface area contributed by atoms with Crippen LogP contribution in [0.5, 0.6) is 11.5 Å². The van der Waals surface area contributed by atoms with Gasteiger partial charge in [-0.1, -0.05) is 12.1 Å². The minimum Gasteiger partial charge on any atom is -0.546 e. The highest BCUT2D eigenvalue weighted by atomic mass is 32.2. The van der Waals surface area contributed by atoms with E-state index in [2.05, 4.69) is 6.58 Å². The fourth-order valence-corrected chi connectivity index (χ4v) is 2.90. The predicted octanol–water partition coefficient (Wildman–Crippen LogP) is 1.43. The minimum atomic E-state index is -1.35. The van der Waals surface area contributed by atoms with Crippen LogP contribution in [-0.2, 0) is 9.59 Å². The average Bonchev–Trinajstić information content (AvgIpc) is 2.83. The van der Waals surface area contributed by atoms with Crippen LogP contribution in [0, 0.1) is 0 Å². The van der Waals surface area contributed by atoms with Gasteiger partial charge in [-0.25, -0.2) is 0 Å². The Balaban J connectivity index is 2.26. The van der Waals surface area contributed by atoms with Gasteiger partial charge in [0.25, 0.3) is 11.1 Å². The molecule has 0 spiro atoms. The van der Waals surface area contributed by atoms with E-state index in [1.54, 1.807) is 18.2 Å². The molecule has 1 aromatic rings. The van der Waals surface area contributed by atoms with Gasteiger partial charge in [0.2, 0.25) is 0 Å². The van der Waals surface area contributed by atoms with Crippen LogP contribution in [0.25, 0.3) is 6.08 Å². The summed E-state index contributed by atoms with van der Waals surface area (Å²) >= 11 is 0.842.